The van der Waals surface area contributed by atoms with Crippen LogP contribution >= 0.6 is 11.6 Å². The molecule has 116 valence electrons. The fraction of sp³-hybridized carbons (Fsp3) is 0.235. The molecule has 0 fully saturated rings. The van der Waals surface area contributed by atoms with E-state index >= 15 is 0 Å². The highest BCUT2D eigenvalue weighted by atomic mass is 35.5. The van der Waals surface area contributed by atoms with Crippen LogP contribution in [0.3, 0.4) is 0 Å². The lowest BCUT2D eigenvalue weighted by atomic mass is 10.0. The summed E-state index contributed by atoms with van der Waals surface area (Å²) in [5, 5.41) is 0.348. The van der Waals surface area contributed by atoms with E-state index in [1.54, 1.807) is 25.1 Å². The minimum atomic E-state index is -0.462. The number of carbonyl (C=O) groups is 1. The van der Waals surface area contributed by atoms with Crippen molar-refractivity contribution < 1.29 is 18.7 Å². The lowest BCUT2D eigenvalue weighted by molar-refractivity contribution is 0.0526. The first-order valence-electron chi connectivity index (χ1n) is 6.96. The zero-order valence-corrected chi connectivity index (χ0v) is 13.1. The van der Waals surface area contributed by atoms with Gasteiger partial charge < -0.3 is 9.47 Å². The molecule has 3 nitrogen and oxygen atoms in total. The van der Waals surface area contributed by atoms with Crippen molar-refractivity contribution in [1.82, 2.24) is 0 Å². The van der Waals surface area contributed by atoms with Gasteiger partial charge in [0, 0.05) is 5.56 Å². The van der Waals surface area contributed by atoms with E-state index in [2.05, 4.69) is 0 Å². The Balaban J connectivity index is 2.53. The molecule has 0 aromatic heterocycles. The van der Waals surface area contributed by atoms with E-state index in [1.807, 2.05) is 6.92 Å². The normalized spacial score (nSPS) is 10.4. The number of halogens is 2. The molecule has 0 unspecified atom stereocenters. The van der Waals surface area contributed by atoms with E-state index in [1.165, 1.54) is 18.2 Å². The topological polar surface area (TPSA) is 35.5 Å². The highest BCUT2D eigenvalue weighted by molar-refractivity contribution is 6.34. The second-order valence-corrected chi connectivity index (χ2v) is 4.90. The number of esters is 1. The second-order valence-electron chi connectivity index (χ2n) is 4.49. The Morgan fingerprint density at radius 3 is 2.41 bits per heavy atom. The third-order valence-corrected chi connectivity index (χ3v) is 3.30. The summed E-state index contributed by atoms with van der Waals surface area (Å²) in [4.78, 5) is 11.9. The first kappa shape index (κ1) is 16.3. The van der Waals surface area contributed by atoms with E-state index in [0.29, 0.717) is 34.1 Å². The number of carbonyl (C=O) groups excluding carboxylic acids is 1. The van der Waals surface area contributed by atoms with Crippen LogP contribution in [-0.2, 0) is 4.74 Å². The molecule has 0 aliphatic carbocycles. The summed E-state index contributed by atoms with van der Waals surface area (Å²) in [6.45, 7) is 4.26. The summed E-state index contributed by atoms with van der Waals surface area (Å²) in [6.07, 6.45) is 0. The second kappa shape index (κ2) is 7.27. The smallest absolute Gasteiger partial charge is 0.338 e. The van der Waals surface area contributed by atoms with Gasteiger partial charge in [-0.05, 0) is 43.7 Å². The van der Waals surface area contributed by atoms with Crippen LogP contribution in [0.15, 0.2) is 36.4 Å². The van der Waals surface area contributed by atoms with Gasteiger partial charge >= 0.3 is 5.97 Å². The molecule has 0 saturated heterocycles. The van der Waals surface area contributed by atoms with Gasteiger partial charge in [-0.1, -0.05) is 23.7 Å². The highest BCUT2D eigenvalue weighted by Crippen LogP contribution is 2.38. The molecule has 2 aromatic rings. The summed E-state index contributed by atoms with van der Waals surface area (Å²) >= 11 is 6.31. The summed E-state index contributed by atoms with van der Waals surface area (Å²) in [5.74, 6) is -0.332. The maximum atomic E-state index is 13.1. The SMILES string of the molecule is CCOC(=O)c1cc(Cl)c(-c2ccc(F)cc2)c(OCC)c1. The van der Waals surface area contributed by atoms with Crippen molar-refractivity contribution in [3.8, 4) is 16.9 Å². The Morgan fingerprint density at radius 2 is 1.82 bits per heavy atom. The molecular formula is C17H16ClFO3. The molecular weight excluding hydrogens is 307 g/mol. The molecule has 5 heteroatoms. The predicted molar refractivity (Wildman–Crippen MR) is 84.0 cm³/mol. The molecule has 0 amide bonds. The molecule has 0 atom stereocenters. The summed E-state index contributed by atoms with van der Waals surface area (Å²) in [6, 6.07) is 9.04. The van der Waals surface area contributed by atoms with Gasteiger partial charge in [-0.25, -0.2) is 9.18 Å². The summed E-state index contributed by atoms with van der Waals surface area (Å²) in [7, 11) is 0. The van der Waals surface area contributed by atoms with Crippen molar-refractivity contribution in [2.24, 2.45) is 0 Å². The van der Waals surface area contributed by atoms with Gasteiger partial charge in [0.2, 0.25) is 0 Å². The van der Waals surface area contributed by atoms with Crippen LogP contribution in [0, 0.1) is 5.82 Å². The fourth-order valence-electron chi connectivity index (χ4n) is 2.08. The van der Waals surface area contributed by atoms with E-state index in [9.17, 15) is 9.18 Å². The van der Waals surface area contributed by atoms with Crippen molar-refractivity contribution in [1.29, 1.82) is 0 Å². The van der Waals surface area contributed by atoms with Crippen LogP contribution in [0.5, 0.6) is 5.75 Å². The van der Waals surface area contributed by atoms with Gasteiger partial charge in [0.05, 0.1) is 23.8 Å². The Hall–Kier alpha value is -2.07. The quantitative estimate of drug-likeness (QED) is 0.747. The Bertz CT molecular complexity index is 668. The Kier molecular flexibility index (Phi) is 5.39. The average molecular weight is 323 g/mol. The van der Waals surface area contributed by atoms with Crippen LogP contribution < -0.4 is 4.74 Å². The van der Waals surface area contributed by atoms with Crippen molar-refractivity contribution in [3.05, 3.63) is 52.8 Å². The van der Waals surface area contributed by atoms with Gasteiger partial charge in [0.15, 0.2) is 0 Å². The van der Waals surface area contributed by atoms with Gasteiger partial charge in [0.1, 0.15) is 11.6 Å². The number of rotatable bonds is 5. The van der Waals surface area contributed by atoms with Crippen LogP contribution in [0.25, 0.3) is 11.1 Å². The van der Waals surface area contributed by atoms with Crippen molar-refractivity contribution >= 4 is 17.6 Å². The molecule has 0 N–H and O–H groups in total. The number of hydrogen-bond donors (Lipinski definition) is 0. The maximum absolute atomic E-state index is 13.1. The van der Waals surface area contributed by atoms with Crippen molar-refractivity contribution in [3.63, 3.8) is 0 Å². The van der Waals surface area contributed by atoms with E-state index in [4.69, 9.17) is 21.1 Å². The first-order chi connectivity index (χ1) is 10.6. The first-order valence-corrected chi connectivity index (χ1v) is 7.34. The van der Waals surface area contributed by atoms with E-state index in [0.717, 1.165) is 0 Å². The molecule has 2 aromatic carbocycles. The van der Waals surface area contributed by atoms with Gasteiger partial charge in [-0.3, -0.25) is 0 Å². The predicted octanol–water partition coefficient (Wildman–Crippen LogP) is 4.72. The molecule has 0 spiro atoms. The monoisotopic (exact) mass is 322 g/mol. The zero-order chi connectivity index (χ0) is 16.1. The third kappa shape index (κ3) is 3.57. The molecule has 0 heterocycles. The zero-order valence-electron chi connectivity index (χ0n) is 12.4. The molecule has 0 aliphatic heterocycles. The van der Waals surface area contributed by atoms with Crippen molar-refractivity contribution in [2.75, 3.05) is 13.2 Å². The molecule has 0 radical (unpaired) electrons. The minimum absolute atomic E-state index is 0.278. The standard InChI is InChI=1S/C17H16ClFO3/c1-3-21-15-10-12(17(20)22-4-2)9-14(18)16(15)11-5-7-13(19)8-6-11/h5-10H,3-4H2,1-2H3. The molecule has 22 heavy (non-hydrogen) atoms. The summed E-state index contributed by atoms with van der Waals surface area (Å²) in [5.41, 5.74) is 1.66. The Morgan fingerprint density at radius 1 is 1.14 bits per heavy atom. The maximum Gasteiger partial charge on any atom is 0.338 e. The average Bonchev–Trinajstić information content (AvgIpc) is 2.49. The number of benzene rings is 2. The lowest BCUT2D eigenvalue weighted by Crippen LogP contribution is -2.06. The largest absolute Gasteiger partial charge is 0.493 e. The van der Waals surface area contributed by atoms with Crippen LogP contribution in [0.1, 0.15) is 24.2 Å². The van der Waals surface area contributed by atoms with Crippen LogP contribution in [0.2, 0.25) is 5.02 Å². The van der Waals surface area contributed by atoms with Crippen LogP contribution in [0.4, 0.5) is 4.39 Å². The van der Waals surface area contributed by atoms with E-state index < -0.39 is 5.97 Å². The molecule has 0 saturated carbocycles. The van der Waals surface area contributed by atoms with Crippen molar-refractivity contribution in [2.45, 2.75) is 13.8 Å². The van der Waals surface area contributed by atoms with Gasteiger partial charge in [0.25, 0.3) is 0 Å². The number of ether oxygens (including phenoxy) is 2. The number of hydrogen-bond acceptors (Lipinski definition) is 3. The Labute approximate surface area is 133 Å². The fourth-order valence-corrected chi connectivity index (χ4v) is 2.40. The molecule has 0 bridgehead atoms. The lowest BCUT2D eigenvalue weighted by Gasteiger charge is -2.14. The molecule has 2 rings (SSSR count). The third-order valence-electron chi connectivity index (χ3n) is 3.00. The minimum Gasteiger partial charge on any atom is -0.493 e. The molecule has 0 aliphatic rings. The summed E-state index contributed by atoms with van der Waals surface area (Å²) < 4.78 is 23.6. The van der Waals surface area contributed by atoms with Gasteiger partial charge in [-0.2, -0.15) is 0 Å². The van der Waals surface area contributed by atoms with E-state index in [-0.39, 0.29) is 12.4 Å². The van der Waals surface area contributed by atoms with Gasteiger partial charge in [-0.15, -0.1) is 0 Å². The highest BCUT2D eigenvalue weighted by Gasteiger charge is 2.17. The van der Waals surface area contributed by atoms with Crippen LogP contribution in [-0.4, -0.2) is 19.2 Å².